The fourth-order valence-electron chi connectivity index (χ4n) is 7.09. The predicted molar refractivity (Wildman–Crippen MR) is 170 cm³/mol. The molecular formula is C38H26N2. The summed E-state index contributed by atoms with van der Waals surface area (Å²) in [6.07, 6.45) is 3.30. The van der Waals surface area contributed by atoms with Crippen LogP contribution in [0.4, 0.5) is 0 Å². The summed E-state index contributed by atoms with van der Waals surface area (Å²) in [6, 6.07) is 42.3. The molecule has 9 rings (SSSR count). The third kappa shape index (κ3) is 2.96. The van der Waals surface area contributed by atoms with Crippen molar-refractivity contribution in [2.75, 3.05) is 0 Å². The lowest BCUT2D eigenvalue weighted by Gasteiger charge is -2.20. The second-order valence-corrected chi connectivity index (χ2v) is 11.3. The molecule has 0 spiro atoms. The first-order valence-corrected chi connectivity index (χ1v) is 14.1. The van der Waals surface area contributed by atoms with E-state index in [9.17, 15) is 0 Å². The van der Waals surface area contributed by atoms with E-state index in [1.807, 2.05) is 0 Å². The highest BCUT2D eigenvalue weighted by atomic mass is 15.1. The summed E-state index contributed by atoms with van der Waals surface area (Å²) in [5.41, 5.74) is 10.00. The number of nitrogens with zero attached hydrogens (tertiary/aromatic N) is 2. The van der Waals surface area contributed by atoms with Crippen LogP contribution in [0.2, 0.25) is 0 Å². The van der Waals surface area contributed by atoms with Crippen molar-refractivity contribution in [1.29, 1.82) is 0 Å². The van der Waals surface area contributed by atoms with Crippen molar-refractivity contribution >= 4 is 54.9 Å². The summed E-state index contributed by atoms with van der Waals surface area (Å²) in [6.45, 7) is 2.30. The Morgan fingerprint density at radius 1 is 0.575 bits per heavy atom. The molecule has 40 heavy (non-hydrogen) atoms. The van der Waals surface area contributed by atoms with E-state index in [0.29, 0.717) is 5.92 Å². The van der Waals surface area contributed by atoms with E-state index < -0.39 is 0 Å². The van der Waals surface area contributed by atoms with E-state index in [1.165, 1.54) is 71.2 Å². The van der Waals surface area contributed by atoms with E-state index in [1.54, 1.807) is 0 Å². The standard InChI is InChI=1S/C38H26N2/c1-23-19-32(24-9-3-2-4-10-24)39-35(20-23)40-33-16-8-15-29-31-22-27-12-6-5-11-26(27)21-30(31)28-14-7-13-25-17-18-34(40)38(36(25)28)37(29)33/h2-18,20-23H,19H2,1H3. The number of benzene rings is 6. The molecule has 0 bridgehead atoms. The van der Waals surface area contributed by atoms with Crippen molar-refractivity contribution in [3.8, 4) is 22.3 Å². The van der Waals surface area contributed by atoms with Crippen LogP contribution in [-0.4, -0.2) is 10.3 Å². The SMILES string of the molecule is CC1C=C(n2c3cccc4c3c3c5c(cccc5ccc32)-c2cc3ccccc3cc2-4)N=C(c2ccccc2)C1. The molecule has 2 nitrogen and oxygen atoms in total. The maximum atomic E-state index is 5.32. The van der Waals surface area contributed by atoms with Gasteiger partial charge in [-0.25, -0.2) is 4.99 Å². The average Bonchev–Trinajstić information content (AvgIpc) is 3.29. The lowest BCUT2D eigenvalue weighted by Crippen LogP contribution is -2.13. The highest BCUT2D eigenvalue weighted by molar-refractivity contribution is 6.31. The number of allylic oxidation sites excluding steroid dienone is 1. The van der Waals surface area contributed by atoms with Crippen LogP contribution in [-0.2, 0) is 0 Å². The molecule has 2 heteroatoms. The Kier molecular flexibility index (Phi) is 4.40. The molecule has 188 valence electrons. The van der Waals surface area contributed by atoms with Gasteiger partial charge in [0, 0.05) is 10.8 Å². The van der Waals surface area contributed by atoms with E-state index in [4.69, 9.17) is 4.99 Å². The number of rotatable bonds is 2. The minimum Gasteiger partial charge on any atom is -0.294 e. The van der Waals surface area contributed by atoms with Crippen molar-refractivity contribution in [3.63, 3.8) is 0 Å². The molecule has 1 atom stereocenters. The summed E-state index contributed by atoms with van der Waals surface area (Å²) in [5.74, 6) is 1.42. The van der Waals surface area contributed by atoms with Gasteiger partial charge in [-0.2, -0.15) is 0 Å². The largest absolute Gasteiger partial charge is 0.294 e. The third-order valence-electron chi connectivity index (χ3n) is 8.80. The molecule has 6 aromatic carbocycles. The fourth-order valence-corrected chi connectivity index (χ4v) is 7.09. The van der Waals surface area contributed by atoms with Gasteiger partial charge in [0.25, 0.3) is 0 Å². The summed E-state index contributed by atoms with van der Waals surface area (Å²) < 4.78 is 2.41. The quantitative estimate of drug-likeness (QED) is 0.220. The van der Waals surface area contributed by atoms with E-state index >= 15 is 0 Å². The first-order chi connectivity index (χ1) is 19.7. The zero-order chi connectivity index (χ0) is 26.4. The van der Waals surface area contributed by atoms with Crippen molar-refractivity contribution in [2.24, 2.45) is 10.9 Å². The number of hydrogen-bond acceptors (Lipinski definition) is 1. The maximum Gasteiger partial charge on any atom is 0.134 e. The van der Waals surface area contributed by atoms with Gasteiger partial charge in [-0.3, -0.25) is 4.57 Å². The molecule has 2 aliphatic rings. The van der Waals surface area contributed by atoms with Crippen LogP contribution in [0.3, 0.4) is 0 Å². The normalized spacial score (nSPS) is 16.1. The van der Waals surface area contributed by atoms with Gasteiger partial charge in [-0.15, -0.1) is 0 Å². The lowest BCUT2D eigenvalue weighted by molar-refractivity contribution is 0.753. The first kappa shape index (κ1) is 21.9. The molecule has 2 heterocycles. The van der Waals surface area contributed by atoms with Gasteiger partial charge in [0.15, 0.2) is 0 Å². The first-order valence-electron chi connectivity index (χ1n) is 14.1. The molecule has 0 fully saturated rings. The molecule has 0 saturated heterocycles. The van der Waals surface area contributed by atoms with Crippen molar-refractivity contribution in [1.82, 2.24) is 4.57 Å². The number of hydrogen-bond donors (Lipinski definition) is 0. The highest BCUT2D eigenvalue weighted by Crippen LogP contribution is 2.50. The molecular weight excluding hydrogens is 484 g/mol. The second kappa shape index (κ2) is 8.03. The molecule has 0 N–H and O–H groups in total. The van der Waals surface area contributed by atoms with Gasteiger partial charge in [0.1, 0.15) is 5.82 Å². The van der Waals surface area contributed by atoms with Crippen LogP contribution in [0.25, 0.3) is 71.4 Å². The van der Waals surface area contributed by atoms with Crippen LogP contribution in [0, 0.1) is 5.92 Å². The number of fused-ring (bicyclic) bond motifs is 4. The third-order valence-corrected chi connectivity index (χ3v) is 8.80. The molecule has 1 unspecified atom stereocenters. The molecule has 1 aliphatic heterocycles. The van der Waals surface area contributed by atoms with Gasteiger partial charge < -0.3 is 0 Å². The van der Waals surface area contributed by atoms with Crippen LogP contribution in [0.15, 0.2) is 126 Å². The number of aliphatic imine (C=N–C) groups is 1. The summed E-state index contributed by atoms with van der Waals surface area (Å²) in [5, 5.41) is 7.81. The Balaban J connectivity index is 1.44. The molecule has 1 aliphatic carbocycles. The van der Waals surface area contributed by atoms with E-state index in [-0.39, 0.29) is 0 Å². The Labute approximate surface area is 232 Å². The van der Waals surface area contributed by atoms with Gasteiger partial charge in [-0.1, -0.05) is 97.9 Å². The monoisotopic (exact) mass is 510 g/mol. The molecule has 7 aromatic rings. The summed E-state index contributed by atoms with van der Waals surface area (Å²) in [4.78, 5) is 5.32. The van der Waals surface area contributed by atoms with Crippen LogP contribution >= 0.6 is 0 Å². The second-order valence-electron chi connectivity index (χ2n) is 11.3. The van der Waals surface area contributed by atoms with Crippen molar-refractivity contribution < 1.29 is 0 Å². The van der Waals surface area contributed by atoms with Gasteiger partial charge in [-0.05, 0) is 92.0 Å². The lowest BCUT2D eigenvalue weighted by atomic mass is 9.91. The highest BCUT2D eigenvalue weighted by Gasteiger charge is 2.26. The Hall–Kier alpha value is -4.95. The van der Waals surface area contributed by atoms with Crippen molar-refractivity contribution in [3.05, 3.63) is 127 Å². The molecule has 0 saturated carbocycles. The van der Waals surface area contributed by atoms with Crippen LogP contribution in [0.1, 0.15) is 18.9 Å². The maximum absolute atomic E-state index is 5.32. The van der Waals surface area contributed by atoms with Gasteiger partial charge in [0.2, 0.25) is 0 Å². The Morgan fingerprint density at radius 2 is 1.23 bits per heavy atom. The summed E-state index contributed by atoms with van der Waals surface area (Å²) in [7, 11) is 0. The minimum absolute atomic E-state index is 0.398. The van der Waals surface area contributed by atoms with E-state index in [0.717, 1.165) is 18.0 Å². The molecule has 0 radical (unpaired) electrons. The van der Waals surface area contributed by atoms with Gasteiger partial charge >= 0.3 is 0 Å². The van der Waals surface area contributed by atoms with Crippen LogP contribution in [0.5, 0.6) is 0 Å². The van der Waals surface area contributed by atoms with Crippen LogP contribution < -0.4 is 0 Å². The van der Waals surface area contributed by atoms with Crippen molar-refractivity contribution in [2.45, 2.75) is 13.3 Å². The zero-order valence-corrected chi connectivity index (χ0v) is 22.2. The van der Waals surface area contributed by atoms with E-state index in [2.05, 4.69) is 133 Å². The Morgan fingerprint density at radius 3 is 2.00 bits per heavy atom. The number of aromatic nitrogens is 1. The fraction of sp³-hybridized carbons (Fsp3) is 0.0789. The topological polar surface area (TPSA) is 17.3 Å². The Bertz CT molecular complexity index is 2250. The summed E-state index contributed by atoms with van der Waals surface area (Å²) >= 11 is 0. The van der Waals surface area contributed by atoms with Gasteiger partial charge in [0.05, 0.1) is 16.7 Å². The minimum atomic E-state index is 0.398. The smallest absolute Gasteiger partial charge is 0.134 e. The molecule has 1 aromatic heterocycles. The molecule has 0 amide bonds. The zero-order valence-electron chi connectivity index (χ0n) is 22.2. The predicted octanol–water partition coefficient (Wildman–Crippen LogP) is 10.1. The average molecular weight is 511 g/mol.